The van der Waals surface area contributed by atoms with Gasteiger partial charge in [-0.2, -0.15) is 11.8 Å². The van der Waals surface area contributed by atoms with Crippen LogP contribution in [0.1, 0.15) is 49.0 Å². The van der Waals surface area contributed by atoms with Crippen molar-refractivity contribution in [1.82, 2.24) is 15.3 Å². The summed E-state index contributed by atoms with van der Waals surface area (Å²) >= 11 is 1.88. The van der Waals surface area contributed by atoms with Crippen LogP contribution >= 0.6 is 11.8 Å². The Labute approximate surface area is 121 Å². The highest BCUT2D eigenvalue weighted by Crippen LogP contribution is 2.19. The molecule has 0 spiro atoms. The van der Waals surface area contributed by atoms with Crippen molar-refractivity contribution in [3.05, 3.63) is 22.8 Å². The first-order chi connectivity index (χ1) is 9.20. The van der Waals surface area contributed by atoms with Crippen LogP contribution in [0.2, 0.25) is 0 Å². The van der Waals surface area contributed by atoms with Gasteiger partial charge in [-0.3, -0.25) is 0 Å². The van der Waals surface area contributed by atoms with E-state index in [1.54, 1.807) is 0 Å². The molecule has 0 bridgehead atoms. The molecule has 2 rings (SSSR count). The van der Waals surface area contributed by atoms with Crippen molar-refractivity contribution >= 4 is 11.8 Å². The lowest BCUT2D eigenvalue weighted by Crippen LogP contribution is -2.18. The van der Waals surface area contributed by atoms with Crippen LogP contribution < -0.4 is 5.32 Å². The van der Waals surface area contributed by atoms with E-state index in [-0.39, 0.29) is 0 Å². The van der Waals surface area contributed by atoms with Crippen LogP contribution in [0, 0.1) is 13.8 Å². The molecular weight excluding hydrogens is 254 g/mol. The summed E-state index contributed by atoms with van der Waals surface area (Å²) in [5.74, 6) is 3.04. The number of rotatable bonds is 8. The van der Waals surface area contributed by atoms with E-state index in [0.717, 1.165) is 36.3 Å². The van der Waals surface area contributed by atoms with Gasteiger partial charge in [-0.1, -0.05) is 6.92 Å². The van der Waals surface area contributed by atoms with Crippen molar-refractivity contribution in [3.8, 4) is 0 Å². The first-order valence-corrected chi connectivity index (χ1v) is 8.50. The van der Waals surface area contributed by atoms with E-state index in [9.17, 15) is 0 Å². The molecule has 3 nitrogen and oxygen atoms in total. The summed E-state index contributed by atoms with van der Waals surface area (Å²) in [4.78, 5) is 9.29. The van der Waals surface area contributed by atoms with Gasteiger partial charge in [0.15, 0.2) is 0 Å². The Morgan fingerprint density at radius 2 is 1.89 bits per heavy atom. The molecule has 1 aromatic heterocycles. The van der Waals surface area contributed by atoms with Crippen LogP contribution in [0.25, 0.3) is 0 Å². The molecule has 1 saturated carbocycles. The molecule has 106 valence electrons. The Balaban J connectivity index is 1.87. The highest BCUT2D eigenvalue weighted by Gasteiger charge is 2.19. The maximum atomic E-state index is 4.65. The van der Waals surface area contributed by atoms with Gasteiger partial charge >= 0.3 is 0 Å². The van der Waals surface area contributed by atoms with Crippen LogP contribution in [-0.4, -0.2) is 28.3 Å². The van der Waals surface area contributed by atoms with E-state index in [4.69, 9.17) is 0 Å². The van der Waals surface area contributed by atoms with Crippen molar-refractivity contribution in [2.24, 2.45) is 0 Å². The highest BCUT2D eigenvalue weighted by molar-refractivity contribution is 7.98. The number of hydrogen-bond donors (Lipinski definition) is 1. The van der Waals surface area contributed by atoms with Gasteiger partial charge in [0.25, 0.3) is 0 Å². The molecule has 0 unspecified atom stereocenters. The molecule has 0 amide bonds. The first kappa shape index (κ1) is 14.8. The van der Waals surface area contributed by atoms with Crippen molar-refractivity contribution in [1.29, 1.82) is 0 Å². The van der Waals surface area contributed by atoms with Crippen LogP contribution in [0.5, 0.6) is 0 Å². The Bertz CT molecular complexity index is 393. The van der Waals surface area contributed by atoms with E-state index < -0.39 is 0 Å². The van der Waals surface area contributed by atoms with Gasteiger partial charge in [0.2, 0.25) is 0 Å². The largest absolute Gasteiger partial charge is 0.314 e. The summed E-state index contributed by atoms with van der Waals surface area (Å²) < 4.78 is 0. The zero-order valence-electron chi connectivity index (χ0n) is 12.3. The summed E-state index contributed by atoms with van der Waals surface area (Å²) in [6.45, 7) is 7.54. The van der Waals surface area contributed by atoms with Gasteiger partial charge in [-0.15, -0.1) is 0 Å². The lowest BCUT2D eigenvalue weighted by atomic mass is 10.1. The van der Waals surface area contributed by atoms with E-state index in [1.807, 2.05) is 11.8 Å². The quantitative estimate of drug-likeness (QED) is 0.742. The topological polar surface area (TPSA) is 37.8 Å². The lowest BCUT2D eigenvalue weighted by molar-refractivity contribution is 0.641. The zero-order valence-corrected chi connectivity index (χ0v) is 13.1. The Morgan fingerprint density at radius 3 is 2.47 bits per heavy atom. The molecule has 19 heavy (non-hydrogen) atoms. The average Bonchev–Trinajstić information content (AvgIpc) is 3.18. The Morgan fingerprint density at radius 1 is 1.21 bits per heavy atom. The fraction of sp³-hybridized carbons (Fsp3) is 0.733. The second-order valence-corrected chi connectivity index (χ2v) is 6.53. The Kier molecular flexibility index (Phi) is 5.64. The minimum absolute atomic E-state index is 0.812. The van der Waals surface area contributed by atoms with E-state index in [2.05, 4.69) is 36.1 Å². The molecule has 0 radical (unpaired) electrons. The highest BCUT2D eigenvalue weighted by atomic mass is 32.2. The number of nitrogens with zero attached hydrogens (tertiary/aromatic N) is 2. The van der Waals surface area contributed by atoms with Crippen molar-refractivity contribution < 1.29 is 0 Å². The fourth-order valence-corrected chi connectivity index (χ4v) is 2.80. The second kappa shape index (κ2) is 7.25. The predicted octanol–water partition coefficient (Wildman–Crippen LogP) is 3.03. The summed E-state index contributed by atoms with van der Waals surface area (Å²) in [6.07, 6.45) is 5.01. The van der Waals surface area contributed by atoms with E-state index in [0.29, 0.717) is 0 Å². The van der Waals surface area contributed by atoms with Crippen molar-refractivity contribution in [2.75, 3.05) is 12.3 Å². The van der Waals surface area contributed by atoms with Crippen molar-refractivity contribution in [3.63, 3.8) is 0 Å². The molecule has 0 atom stereocenters. The maximum absolute atomic E-state index is 4.65. The molecular formula is C15H25N3S. The number of aromatic nitrogens is 2. The van der Waals surface area contributed by atoms with Crippen LogP contribution in [0.4, 0.5) is 0 Å². The van der Waals surface area contributed by atoms with Gasteiger partial charge in [0.1, 0.15) is 5.82 Å². The second-order valence-electron chi connectivity index (χ2n) is 5.26. The average molecular weight is 279 g/mol. The predicted molar refractivity (Wildman–Crippen MR) is 82.7 cm³/mol. The number of nitrogens with one attached hydrogen (secondary N) is 1. The molecule has 0 saturated heterocycles. The van der Waals surface area contributed by atoms with Gasteiger partial charge in [-0.25, -0.2) is 9.97 Å². The zero-order chi connectivity index (χ0) is 13.7. The summed E-state index contributed by atoms with van der Waals surface area (Å²) in [7, 11) is 0. The normalized spacial score (nSPS) is 14.9. The third-order valence-electron chi connectivity index (χ3n) is 3.52. The molecule has 1 fully saturated rings. The molecule has 1 heterocycles. The van der Waals surface area contributed by atoms with Crippen LogP contribution in [-0.2, 0) is 12.2 Å². The number of thioether (sulfide) groups is 1. The molecule has 0 aromatic carbocycles. The van der Waals surface area contributed by atoms with Crippen molar-refractivity contribution in [2.45, 2.75) is 58.2 Å². The smallest absolute Gasteiger partial charge is 0.138 e. The molecule has 4 heteroatoms. The third kappa shape index (κ3) is 4.77. The third-order valence-corrected chi connectivity index (χ3v) is 4.39. The number of aryl methyl sites for hydroxylation is 2. The summed E-state index contributed by atoms with van der Waals surface area (Å²) in [5.41, 5.74) is 3.69. The van der Waals surface area contributed by atoms with Gasteiger partial charge in [0.05, 0.1) is 5.75 Å². The fourth-order valence-electron chi connectivity index (χ4n) is 2.29. The number of hydrogen-bond acceptors (Lipinski definition) is 4. The molecule has 0 aliphatic heterocycles. The molecule has 1 aromatic rings. The van der Waals surface area contributed by atoms with E-state index in [1.165, 1.54) is 36.2 Å². The lowest BCUT2D eigenvalue weighted by Gasteiger charge is -2.11. The molecule has 1 aliphatic carbocycles. The standard InChI is InChI=1S/C15H25N3S/c1-4-19-10-15-17-11(2)14(12(3)18-15)6-5-9-16-13-7-8-13/h13,16H,4-10H2,1-3H3. The van der Waals surface area contributed by atoms with Crippen LogP contribution in [0.3, 0.4) is 0 Å². The monoisotopic (exact) mass is 279 g/mol. The minimum atomic E-state index is 0.812. The summed E-state index contributed by atoms with van der Waals surface area (Å²) in [5, 5.41) is 3.56. The van der Waals surface area contributed by atoms with E-state index >= 15 is 0 Å². The Hall–Kier alpha value is -0.610. The van der Waals surface area contributed by atoms with Gasteiger partial charge in [0, 0.05) is 17.4 Å². The van der Waals surface area contributed by atoms with Gasteiger partial charge in [-0.05, 0) is 57.4 Å². The molecule has 1 aliphatic rings. The minimum Gasteiger partial charge on any atom is -0.314 e. The first-order valence-electron chi connectivity index (χ1n) is 7.34. The summed E-state index contributed by atoms with van der Waals surface area (Å²) in [6, 6.07) is 0.812. The SMILES string of the molecule is CCSCc1nc(C)c(CCCNC2CC2)c(C)n1. The van der Waals surface area contributed by atoms with Crippen LogP contribution in [0.15, 0.2) is 0 Å². The van der Waals surface area contributed by atoms with Gasteiger partial charge < -0.3 is 5.32 Å². The molecule has 1 N–H and O–H groups in total. The maximum Gasteiger partial charge on any atom is 0.138 e.